The summed E-state index contributed by atoms with van der Waals surface area (Å²) in [5, 5.41) is 10.8. The summed E-state index contributed by atoms with van der Waals surface area (Å²) in [6.07, 6.45) is 3.87. The highest BCUT2D eigenvalue weighted by Gasteiger charge is 2.35. The van der Waals surface area contributed by atoms with Gasteiger partial charge in [0.25, 0.3) is 0 Å². The number of hydrogen-bond donors (Lipinski definition) is 2. The predicted octanol–water partition coefficient (Wildman–Crippen LogP) is 2.64. The Kier molecular flexibility index (Phi) is 6.25. The van der Waals surface area contributed by atoms with E-state index < -0.39 is 0 Å². The lowest BCUT2D eigenvalue weighted by Gasteiger charge is -2.21. The van der Waals surface area contributed by atoms with E-state index in [1.54, 1.807) is 4.68 Å². The van der Waals surface area contributed by atoms with E-state index in [4.69, 9.17) is 0 Å². The Morgan fingerprint density at radius 1 is 1.32 bits per heavy atom. The minimum Gasteiger partial charge on any atom is -0.349 e. The van der Waals surface area contributed by atoms with Crippen molar-refractivity contribution in [3.05, 3.63) is 52.8 Å². The summed E-state index contributed by atoms with van der Waals surface area (Å²) < 4.78 is 1.79. The molecule has 1 fully saturated rings. The molecule has 1 saturated heterocycles. The highest BCUT2D eigenvalue weighted by molar-refractivity contribution is 5.85. The quantitative estimate of drug-likeness (QED) is 0.879. The fraction of sp³-hybridized carbons (Fsp3) is 0.474. The summed E-state index contributed by atoms with van der Waals surface area (Å²) in [4.78, 5) is 12.8. The van der Waals surface area contributed by atoms with Crippen LogP contribution in [0.1, 0.15) is 41.1 Å². The Bertz CT molecular complexity index is 743. The molecule has 1 unspecified atom stereocenters. The van der Waals surface area contributed by atoms with Crippen LogP contribution in [-0.4, -0.2) is 28.8 Å². The van der Waals surface area contributed by atoms with Crippen LogP contribution in [0.15, 0.2) is 30.6 Å². The summed E-state index contributed by atoms with van der Waals surface area (Å²) in [7, 11) is 1.91. The zero-order chi connectivity index (χ0) is 17.3. The molecule has 1 aliphatic heterocycles. The largest absolute Gasteiger partial charge is 0.349 e. The number of rotatable bonds is 4. The smallest absolute Gasteiger partial charge is 0.225 e. The van der Waals surface area contributed by atoms with Gasteiger partial charge in [-0.2, -0.15) is 5.10 Å². The number of aryl methyl sites for hydroxylation is 3. The Balaban J connectivity index is 0.00000225. The van der Waals surface area contributed by atoms with Crippen molar-refractivity contribution >= 4 is 18.3 Å². The molecule has 2 heterocycles. The molecule has 0 radical (unpaired) electrons. The molecule has 2 aromatic rings. The van der Waals surface area contributed by atoms with Crippen molar-refractivity contribution in [1.82, 2.24) is 20.4 Å². The minimum atomic E-state index is -0.0526. The summed E-state index contributed by atoms with van der Waals surface area (Å²) in [5.74, 6) is 0.244. The number of aromatic nitrogens is 2. The second-order valence-corrected chi connectivity index (χ2v) is 6.89. The standard InChI is InChI=1S/C19H26N4O.ClH/c1-12-5-6-15(7-13(12)2)14(3)22-19(24)18-10-20-9-17(18)16-8-21-23(4)11-16;/h5-8,11,14,17-18,20H,9-10H2,1-4H3,(H,22,24);1H/t14?,17-,18+;/m1./s1. The second kappa shape index (κ2) is 8.02. The number of nitrogens with zero attached hydrogens (tertiary/aromatic N) is 2. The van der Waals surface area contributed by atoms with Crippen molar-refractivity contribution in [1.29, 1.82) is 0 Å². The summed E-state index contributed by atoms with van der Waals surface area (Å²) in [6, 6.07) is 6.37. The molecule has 3 atom stereocenters. The van der Waals surface area contributed by atoms with Crippen molar-refractivity contribution in [2.75, 3.05) is 13.1 Å². The van der Waals surface area contributed by atoms with E-state index >= 15 is 0 Å². The van der Waals surface area contributed by atoms with Crippen molar-refractivity contribution in [3.63, 3.8) is 0 Å². The Morgan fingerprint density at radius 2 is 2.08 bits per heavy atom. The van der Waals surface area contributed by atoms with Gasteiger partial charge in [-0.15, -0.1) is 12.4 Å². The molecule has 5 nitrogen and oxygen atoms in total. The SMILES string of the molecule is Cc1ccc(C(C)NC(=O)[C@H]2CNC[C@@H]2c2cnn(C)c2)cc1C.Cl. The van der Waals surface area contributed by atoms with Gasteiger partial charge in [-0.3, -0.25) is 9.48 Å². The average molecular weight is 363 g/mol. The normalized spacial score (nSPS) is 20.8. The number of carbonyl (C=O) groups is 1. The van der Waals surface area contributed by atoms with Gasteiger partial charge in [0, 0.05) is 32.3 Å². The summed E-state index contributed by atoms with van der Waals surface area (Å²) in [5.41, 5.74) is 4.80. The van der Waals surface area contributed by atoms with Crippen molar-refractivity contribution in [2.24, 2.45) is 13.0 Å². The van der Waals surface area contributed by atoms with Gasteiger partial charge >= 0.3 is 0 Å². The van der Waals surface area contributed by atoms with E-state index in [9.17, 15) is 4.79 Å². The number of amides is 1. The third kappa shape index (κ3) is 4.22. The molecule has 136 valence electrons. The van der Waals surface area contributed by atoms with Crippen LogP contribution in [0.5, 0.6) is 0 Å². The number of nitrogens with one attached hydrogen (secondary N) is 2. The van der Waals surface area contributed by atoms with Crippen LogP contribution in [0.2, 0.25) is 0 Å². The first-order chi connectivity index (χ1) is 11.5. The molecule has 0 saturated carbocycles. The molecule has 2 N–H and O–H groups in total. The second-order valence-electron chi connectivity index (χ2n) is 6.89. The molecule has 6 heteroatoms. The van der Waals surface area contributed by atoms with Crippen LogP contribution >= 0.6 is 12.4 Å². The molecule has 0 bridgehead atoms. The van der Waals surface area contributed by atoms with Gasteiger partial charge < -0.3 is 10.6 Å². The molecule has 1 aromatic carbocycles. The third-order valence-corrected chi connectivity index (χ3v) is 5.09. The summed E-state index contributed by atoms with van der Waals surface area (Å²) >= 11 is 0. The number of benzene rings is 1. The number of halogens is 1. The Hall–Kier alpha value is -1.85. The predicted molar refractivity (Wildman–Crippen MR) is 102 cm³/mol. The van der Waals surface area contributed by atoms with Gasteiger partial charge in [0.2, 0.25) is 5.91 Å². The van der Waals surface area contributed by atoms with Crippen LogP contribution in [0.4, 0.5) is 0 Å². The molecule has 1 aromatic heterocycles. The van der Waals surface area contributed by atoms with E-state index in [2.05, 4.69) is 47.8 Å². The topological polar surface area (TPSA) is 59.0 Å². The van der Waals surface area contributed by atoms with Crippen molar-refractivity contribution in [2.45, 2.75) is 32.7 Å². The molecule has 0 aliphatic carbocycles. The van der Waals surface area contributed by atoms with Gasteiger partial charge in [-0.05, 0) is 43.0 Å². The van der Waals surface area contributed by atoms with E-state index in [0.29, 0.717) is 6.54 Å². The Labute approximate surface area is 155 Å². The third-order valence-electron chi connectivity index (χ3n) is 5.09. The molecule has 3 rings (SSSR count). The molecule has 1 aliphatic rings. The van der Waals surface area contributed by atoms with Crippen LogP contribution in [0, 0.1) is 19.8 Å². The first-order valence-electron chi connectivity index (χ1n) is 8.52. The highest BCUT2D eigenvalue weighted by atomic mass is 35.5. The number of hydrogen-bond acceptors (Lipinski definition) is 3. The van der Waals surface area contributed by atoms with Crippen molar-refractivity contribution in [3.8, 4) is 0 Å². The van der Waals surface area contributed by atoms with Gasteiger partial charge in [-0.25, -0.2) is 0 Å². The minimum absolute atomic E-state index is 0. The lowest BCUT2D eigenvalue weighted by atomic mass is 9.90. The molecular weight excluding hydrogens is 336 g/mol. The van der Waals surface area contributed by atoms with Gasteiger partial charge in [-0.1, -0.05) is 18.2 Å². The lowest BCUT2D eigenvalue weighted by Crippen LogP contribution is -2.36. The van der Waals surface area contributed by atoms with Crippen molar-refractivity contribution < 1.29 is 4.79 Å². The zero-order valence-electron chi connectivity index (χ0n) is 15.2. The summed E-state index contributed by atoms with van der Waals surface area (Å²) in [6.45, 7) is 7.79. The maximum atomic E-state index is 12.8. The lowest BCUT2D eigenvalue weighted by molar-refractivity contribution is -0.125. The zero-order valence-corrected chi connectivity index (χ0v) is 16.1. The first kappa shape index (κ1) is 19.5. The van der Waals surface area contributed by atoms with Crippen LogP contribution < -0.4 is 10.6 Å². The van der Waals surface area contributed by atoms with Gasteiger partial charge in [0.05, 0.1) is 18.2 Å². The maximum Gasteiger partial charge on any atom is 0.225 e. The molecule has 1 amide bonds. The highest BCUT2D eigenvalue weighted by Crippen LogP contribution is 2.28. The fourth-order valence-corrected chi connectivity index (χ4v) is 3.37. The van der Waals surface area contributed by atoms with Crippen LogP contribution in [-0.2, 0) is 11.8 Å². The average Bonchev–Trinajstić information content (AvgIpc) is 3.18. The Morgan fingerprint density at radius 3 is 2.72 bits per heavy atom. The molecule has 25 heavy (non-hydrogen) atoms. The van der Waals surface area contributed by atoms with E-state index in [-0.39, 0.29) is 36.2 Å². The van der Waals surface area contributed by atoms with E-state index in [0.717, 1.165) is 17.7 Å². The van der Waals surface area contributed by atoms with Crippen LogP contribution in [0.3, 0.4) is 0 Å². The van der Waals surface area contributed by atoms with E-state index in [1.807, 2.05) is 26.4 Å². The van der Waals surface area contributed by atoms with Gasteiger partial charge in [0.1, 0.15) is 0 Å². The fourth-order valence-electron chi connectivity index (χ4n) is 3.37. The number of carbonyl (C=O) groups excluding carboxylic acids is 1. The molecule has 0 spiro atoms. The van der Waals surface area contributed by atoms with Gasteiger partial charge in [0.15, 0.2) is 0 Å². The molecular formula is C19H27ClN4O. The van der Waals surface area contributed by atoms with Crippen LogP contribution in [0.25, 0.3) is 0 Å². The first-order valence-corrected chi connectivity index (χ1v) is 8.52. The monoisotopic (exact) mass is 362 g/mol. The van der Waals surface area contributed by atoms with E-state index in [1.165, 1.54) is 11.1 Å². The maximum absolute atomic E-state index is 12.8.